The molecule has 3 rings (SSSR count). The van der Waals surface area contributed by atoms with Crippen LogP contribution in [-0.2, 0) is 17.8 Å². The number of anilines is 1. The summed E-state index contributed by atoms with van der Waals surface area (Å²) in [5.41, 5.74) is 1.60. The zero-order valence-electron chi connectivity index (χ0n) is 15.3. The molecule has 3 amide bonds. The summed E-state index contributed by atoms with van der Waals surface area (Å²) in [6.45, 7) is 0.426. The van der Waals surface area contributed by atoms with Gasteiger partial charge in [0, 0.05) is 18.0 Å². The molecule has 1 heterocycles. The van der Waals surface area contributed by atoms with E-state index in [1.54, 1.807) is 12.5 Å². The Morgan fingerprint density at radius 1 is 1.30 bits per heavy atom. The number of rotatable bonds is 7. The van der Waals surface area contributed by atoms with Gasteiger partial charge >= 0.3 is 6.03 Å². The van der Waals surface area contributed by atoms with Gasteiger partial charge in [-0.2, -0.15) is 0 Å². The summed E-state index contributed by atoms with van der Waals surface area (Å²) >= 11 is 1.32. The molecule has 2 aromatic rings. The van der Waals surface area contributed by atoms with E-state index in [9.17, 15) is 9.59 Å². The fourth-order valence-electron chi connectivity index (χ4n) is 3.04. The van der Waals surface area contributed by atoms with Crippen LogP contribution in [0.1, 0.15) is 36.9 Å². The zero-order valence-corrected chi connectivity index (χ0v) is 16.1. The van der Waals surface area contributed by atoms with Crippen molar-refractivity contribution in [3.05, 3.63) is 40.9 Å². The Labute approximate surface area is 162 Å². The summed E-state index contributed by atoms with van der Waals surface area (Å²) in [7, 11) is 1.61. The van der Waals surface area contributed by atoms with Crippen molar-refractivity contribution >= 4 is 28.4 Å². The average molecular weight is 388 g/mol. The number of hydrogen-bond donors (Lipinski definition) is 3. The number of hydrogen-bond acceptors (Lipinski definition) is 5. The molecule has 1 saturated carbocycles. The molecule has 8 heteroatoms. The van der Waals surface area contributed by atoms with Crippen molar-refractivity contribution < 1.29 is 14.3 Å². The lowest BCUT2D eigenvalue weighted by molar-refractivity contribution is -0.120. The van der Waals surface area contributed by atoms with Crippen molar-refractivity contribution in [1.82, 2.24) is 15.6 Å². The fraction of sp³-hybridized carbons (Fsp3) is 0.421. The summed E-state index contributed by atoms with van der Waals surface area (Å²) in [6, 6.07) is 7.58. The van der Waals surface area contributed by atoms with Crippen LogP contribution in [0.2, 0.25) is 0 Å². The molecule has 27 heavy (non-hydrogen) atoms. The third-order valence-corrected chi connectivity index (χ3v) is 5.23. The van der Waals surface area contributed by atoms with E-state index >= 15 is 0 Å². The van der Waals surface area contributed by atoms with E-state index in [1.165, 1.54) is 11.3 Å². The first-order valence-corrected chi connectivity index (χ1v) is 9.92. The lowest BCUT2D eigenvalue weighted by Crippen LogP contribution is -2.36. The van der Waals surface area contributed by atoms with E-state index in [1.807, 2.05) is 24.3 Å². The van der Waals surface area contributed by atoms with Crippen LogP contribution in [0.15, 0.2) is 29.6 Å². The van der Waals surface area contributed by atoms with Gasteiger partial charge in [-0.15, -0.1) is 11.3 Å². The van der Waals surface area contributed by atoms with E-state index < -0.39 is 0 Å². The van der Waals surface area contributed by atoms with Gasteiger partial charge in [-0.25, -0.2) is 9.78 Å². The quantitative estimate of drug-likeness (QED) is 0.680. The molecule has 144 valence electrons. The molecular formula is C19H24N4O3S. The number of carbonyl (C=O) groups excluding carboxylic acids is 2. The Morgan fingerprint density at radius 3 is 2.89 bits per heavy atom. The minimum Gasteiger partial charge on any atom is -0.497 e. The minimum absolute atomic E-state index is 0.120. The molecule has 0 spiro atoms. The van der Waals surface area contributed by atoms with Crippen LogP contribution in [0, 0.1) is 0 Å². The molecule has 1 aliphatic carbocycles. The Kier molecular flexibility index (Phi) is 6.64. The molecule has 0 unspecified atom stereocenters. The number of thiazole rings is 1. The zero-order chi connectivity index (χ0) is 19.1. The molecular weight excluding hydrogens is 364 g/mol. The second-order valence-corrected chi connectivity index (χ2v) is 7.39. The summed E-state index contributed by atoms with van der Waals surface area (Å²) in [5, 5.41) is 10.9. The van der Waals surface area contributed by atoms with Gasteiger partial charge in [0.15, 0.2) is 5.13 Å². The highest BCUT2D eigenvalue weighted by molar-refractivity contribution is 7.13. The van der Waals surface area contributed by atoms with E-state index in [0.29, 0.717) is 17.4 Å². The van der Waals surface area contributed by atoms with Gasteiger partial charge in [0.25, 0.3) is 0 Å². The fourth-order valence-corrected chi connectivity index (χ4v) is 3.75. The summed E-state index contributed by atoms with van der Waals surface area (Å²) < 4.78 is 5.17. The number of nitrogens with one attached hydrogen (secondary N) is 3. The normalized spacial score (nSPS) is 14.0. The highest BCUT2D eigenvalue weighted by Gasteiger charge is 2.17. The largest absolute Gasteiger partial charge is 0.497 e. The molecule has 3 N–H and O–H groups in total. The van der Waals surface area contributed by atoms with Crippen molar-refractivity contribution in [3.63, 3.8) is 0 Å². The topological polar surface area (TPSA) is 92.4 Å². The molecule has 1 aromatic carbocycles. The maximum absolute atomic E-state index is 12.1. The van der Waals surface area contributed by atoms with Crippen LogP contribution in [0.25, 0.3) is 0 Å². The number of methoxy groups -OCH3 is 1. The Morgan fingerprint density at radius 2 is 2.11 bits per heavy atom. The van der Waals surface area contributed by atoms with Crippen LogP contribution >= 0.6 is 11.3 Å². The SMILES string of the molecule is COc1cccc(CNC(=O)Cc2csc(NC(=O)NC3CCCC3)n2)c1. The van der Waals surface area contributed by atoms with E-state index in [0.717, 1.165) is 37.0 Å². The Bertz CT molecular complexity index is 787. The van der Waals surface area contributed by atoms with E-state index in [4.69, 9.17) is 4.74 Å². The highest BCUT2D eigenvalue weighted by atomic mass is 32.1. The molecule has 0 saturated heterocycles. The monoisotopic (exact) mass is 388 g/mol. The molecule has 1 aromatic heterocycles. The van der Waals surface area contributed by atoms with Crippen LogP contribution in [0.3, 0.4) is 0 Å². The predicted octanol–water partition coefficient (Wildman–Crippen LogP) is 3.07. The van der Waals surface area contributed by atoms with Crippen molar-refractivity contribution in [2.45, 2.75) is 44.7 Å². The van der Waals surface area contributed by atoms with Gasteiger partial charge in [0.2, 0.25) is 5.91 Å². The van der Waals surface area contributed by atoms with Crippen LogP contribution in [0.4, 0.5) is 9.93 Å². The van der Waals surface area contributed by atoms with Crippen molar-refractivity contribution in [3.8, 4) is 5.75 Å². The molecule has 0 radical (unpaired) electrons. The molecule has 0 bridgehead atoms. The number of nitrogens with zero attached hydrogens (tertiary/aromatic N) is 1. The van der Waals surface area contributed by atoms with Gasteiger partial charge in [0.1, 0.15) is 5.75 Å². The molecule has 1 fully saturated rings. The lowest BCUT2D eigenvalue weighted by atomic mass is 10.2. The number of carbonyl (C=O) groups is 2. The Balaban J connectivity index is 1.43. The summed E-state index contributed by atoms with van der Waals surface area (Å²) in [5.74, 6) is 0.637. The number of ether oxygens (including phenoxy) is 1. The van der Waals surface area contributed by atoms with Crippen LogP contribution in [-0.4, -0.2) is 30.1 Å². The second-order valence-electron chi connectivity index (χ2n) is 6.53. The minimum atomic E-state index is -0.231. The number of amides is 3. The Hall–Kier alpha value is -2.61. The lowest BCUT2D eigenvalue weighted by Gasteiger charge is -2.11. The third kappa shape index (κ3) is 5.96. The van der Waals surface area contributed by atoms with Crippen molar-refractivity contribution in [2.24, 2.45) is 0 Å². The van der Waals surface area contributed by atoms with Crippen LogP contribution < -0.4 is 20.7 Å². The maximum atomic E-state index is 12.1. The van der Waals surface area contributed by atoms with Gasteiger partial charge in [-0.1, -0.05) is 25.0 Å². The van der Waals surface area contributed by atoms with E-state index in [-0.39, 0.29) is 24.4 Å². The number of urea groups is 1. The highest BCUT2D eigenvalue weighted by Crippen LogP contribution is 2.19. The van der Waals surface area contributed by atoms with Gasteiger partial charge in [-0.3, -0.25) is 10.1 Å². The standard InChI is InChI=1S/C19H24N4O3S/c1-26-16-8-4-5-13(9-16)11-20-17(24)10-15-12-27-19(22-15)23-18(25)21-14-6-2-3-7-14/h4-5,8-9,12,14H,2-3,6-7,10-11H2,1H3,(H,20,24)(H2,21,22,23,25). The second kappa shape index (κ2) is 9.36. The first kappa shape index (κ1) is 19.2. The number of aromatic nitrogens is 1. The molecule has 1 aliphatic rings. The predicted molar refractivity (Wildman–Crippen MR) is 105 cm³/mol. The van der Waals surface area contributed by atoms with Gasteiger partial charge < -0.3 is 15.4 Å². The molecule has 0 atom stereocenters. The van der Waals surface area contributed by atoms with E-state index in [2.05, 4.69) is 20.9 Å². The maximum Gasteiger partial charge on any atom is 0.321 e. The third-order valence-electron chi connectivity index (χ3n) is 4.43. The smallest absolute Gasteiger partial charge is 0.321 e. The van der Waals surface area contributed by atoms with Crippen molar-refractivity contribution in [1.29, 1.82) is 0 Å². The van der Waals surface area contributed by atoms with Crippen LogP contribution in [0.5, 0.6) is 5.75 Å². The molecule has 7 nitrogen and oxygen atoms in total. The van der Waals surface area contributed by atoms with Gasteiger partial charge in [0.05, 0.1) is 19.2 Å². The number of benzene rings is 1. The van der Waals surface area contributed by atoms with Crippen molar-refractivity contribution in [2.75, 3.05) is 12.4 Å². The first-order valence-electron chi connectivity index (χ1n) is 9.04. The average Bonchev–Trinajstić information content (AvgIpc) is 3.32. The van der Waals surface area contributed by atoms with Gasteiger partial charge in [-0.05, 0) is 30.5 Å². The summed E-state index contributed by atoms with van der Waals surface area (Å²) in [6.07, 6.45) is 4.56. The first-order chi connectivity index (χ1) is 13.1. The summed E-state index contributed by atoms with van der Waals surface area (Å²) in [4.78, 5) is 28.4. The molecule has 0 aliphatic heterocycles.